The second-order valence-electron chi connectivity index (χ2n) is 7.00. The summed E-state index contributed by atoms with van der Waals surface area (Å²) < 4.78 is 29.7. The molecule has 1 aromatic carbocycles. The lowest BCUT2D eigenvalue weighted by atomic mass is 9.97. The number of aryl methyl sites for hydroxylation is 1. The molecule has 1 N–H and O–H groups in total. The van der Waals surface area contributed by atoms with Crippen LogP contribution >= 0.6 is 15.9 Å². The zero-order valence-electron chi connectivity index (χ0n) is 15.6. The van der Waals surface area contributed by atoms with E-state index in [9.17, 15) is 13.2 Å². The molecule has 2 heterocycles. The fourth-order valence-electron chi connectivity index (χ4n) is 3.36. The molecular formula is C19H25BrN4O3S. The number of carbonyl (C=O) groups is 1. The van der Waals surface area contributed by atoms with Gasteiger partial charge in [0, 0.05) is 49.0 Å². The van der Waals surface area contributed by atoms with Crippen LogP contribution in [0.5, 0.6) is 0 Å². The summed E-state index contributed by atoms with van der Waals surface area (Å²) in [6.45, 7) is 2.21. The second-order valence-corrected chi connectivity index (χ2v) is 9.89. The van der Waals surface area contributed by atoms with Crippen molar-refractivity contribution < 1.29 is 13.2 Å². The summed E-state index contributed by atoms with van der Waals surface area (Å²) in [7, 11) is -3.38. The van der Waals surface area contributed by atoms with Crippen LogP contribution in [0.25, 0.3) is 0 Å². The molecule has 1 aliphatic rings. The van der Waals surface area contributed by atoms with Crippen LogP contribution in [-0.4, -0.2) is 47.8 Å². The van der Waals surface area contributed by atoms with E-state index in [4.69, 9.17) is 0 Å². The molecule has 1 fully saturated rings. The number of benzene rings is 1. The quantitative estimate of drug-likeness (QED) is 0.602. The van der Waals surface area contributed by atoms with Gasteiger partial charge >= 0.3 is 0 Å². The van der Waals surface area contributed by atoms with E-state index in [-0.39, 0.29) is 17.6 Å². The molecule has 1 amide bonds. The van der Waals surface area contributed by atoms with Crippen molar-refractivity contribution in [1.82, 2.24) is 19.2 Å². The molecule has 0 aliphatic carbocycles. The zero-order chi connectivity index (χ0) is 20.0. The predicted molar refractivity (Wildman–Crippen MR) is 111 cm³/mol. The Balaban J connectivity index is 1.42. The predicted octanol–water partition coefficient (Wildman–Crippen LogP) is 2.39. The largest absolute Gasteiger partial charge is 0.356 e. The number of amides is 1. The SMILES string of the molecule is O=C(NCCCn1ccnc1)C1CCN(S(=O)(=O)Cc2cccc(Br)c2)CC1. The Morgan fingerprint density at radius 3 is 2.75 bits per heavy atom. The lowest BCUT2D eigenvalue weighted by molar-refractivity contribution is -0.126. The fourth-order valence-corrected chi connectivity index (χ4v) is 5.36. The Kier molecular flexibility index (Phi) is 7.25. The first-order valence-electron chi connectivity index (χ1n) is 9.40. The summed E-state index contributed by atoms with van der Waals surface area (Å²) in [6.07, 6.45) is 7.34. The standard InChI is InChI=1S/C19H25BrN4O3S/c20-18-4-1-3-16(13-18)14-28(26,27)24-10-5-17(6-11-24)19(25)22-7-2-9-23-12-8-21-15-23/h1,3-4,8,12-13,15,17H,2,5-7,9-11,14H2,(H,22,25). The number of imidazole rings is 1. The molecule has 2 aromatic rings. The third-order valence-corrected chi connectivity index (χ3v) is 7.25. The van der Waals surface area contributed by atoms with Gasteiger partial charge in [0.05, 0.1) is 12.1 Å². The Morgan fingerprint density at radius 1 is 1.29 bits per heavy atom. The van der Waals surface area contributed by atoms with Crippen molar-refractivity contribution in [3.8, 4) is 0 Å². The summed E-state index contributed by atoms with van der Waals surface area (Å²) in [5.41, 5.74) is 0.757. The van der Waals surface area contributed by atoms with E-state index in [0.29, 0.717) is 32.5 Å². The molecule has 0 atom stereocenters. The number of nitrogens with one attached hydrogen (secondary N) is 1. The van der Waals surface area contributed by atoms with Gasteiger partial charge in [-0.2, -0.15) is 0 Å². The van der Waals surface area contributed by atoms with Crippen molar-refractivity contribution in [3.63, 3.8) is 0 Å². The van der Waals surface area contributed by atoms with Gasteiger partial charge in [-0.05, 0) is 37.0 Å². The van der Waals surface area contributed by atoms with Crippen molar-refractivity contribution in [1.29, 1.82) is 0 Å². The van der Waals surface area contributed by atoms with E-state index in [2.05, 4.69) is 26.2 Å². The monoisotopic (exact) mass is 468 g/mol. The van der Waals surface area contributed by atoms with Crippen LogP contribution in [0.3, 0.4) is 0 Å². The van der Waals surface area contributed by atoms with E-state index in [0.717, 1.165) is 23.0 Å². The number of aromatic nitrogens is 2. The van der Waals surface area contributed by atoms with E-state index in [1.165, 1.54) is 4.31 Å². The van der Waals surface area contributed by atoms with Crippen molar-refractivity contribution in [2.75, 3.05) is 19.6 Å². The van der Waals surface area contributed by atoms with Gasteiger partial charge in [0.25, 0.3) is 0 Å². The second kappa shape index (κ2) is 9.67. The summed E-state index contributed by atoms with van der Waals surface area (Å²) in [6, 6.07) is 7.34. The molecule has 152 valence electrons. The minimum atomic E-state index is -3.38. The molecular weight excluding hydrogens is 444 g/mol. The Morgan fingerprint density at radius 2 is 2.07 bits per heavy atom. The number of rotatable bonds is 8. The van der Waals surface area contributed by atoms with Crippen LogP contribution < -0.4 is 5.32 Å². The van der Waals surface area contributed by atoms with Gasteiger partial charge in [-0.25, -0.2) is 17.7 Å². The van der Waals surface area contributed by atoms with Crippen LogP contribution in [0.2, 0.25) is 0 Å². The van der Waals surface area contributed by atoms with E-state index in [1.54, 1.807) is 12.5 Å². The van der Waals surface area contributed by atoms with Crippen LogP contribution in [0.4, 0.5) is 0 Å². The Bertz CT molecular complexity index is 878. The van der Waals surface area contributed by atoms with Gasteiger partial charge in [0.15, 0.2) is 0 Å². The molecule has 1 aromatic heterocycles. The van der Waals surface area contributed by atoms with Crippen LogP contribution in [-0.2, 0) is 27.1 Å². The molecule has 28 heavy (non-hydrogen) atoms. The summed E-state index contributed by atoms with van der Waals surface area (Å²) in [5.74, 6) is -0.113. The molecule has 9 heteroatoms. The molecule has 1 aliphatic heterocycles. The highest BCUT2D eigenvalue weighted by Gasteiger charge is 2.31. The fraction of sp³-hybridized carbons (Fsp3) is 0.474. The first kappa shape index (κ1) is 21.0. The first-order valence-corrected chi connectivity index (χ1v) is 11.8. The molecule has 0 saturated carbocycles. The first-order chi connectivity index (χ1) is 13.4. The molecule has 0 unspecified atom stereocenters. The molecule has 0 bridgehead atoms. The Hall–Kier alpha value is -1.71. The Labute approximate surface area is 174 Å². The minimum Gasteiger partial charge on any atom is -0.356 e. The minimum absolute atomic E-state index is 0.0163. The van der Waals surface area contributed by atoms with Gasteiger partial charge in [-0.3, -0.25) is 4.79 Å². The van der Waals surface area contributed by atoms with E-state index < -0.39 is 10.0 Å². The number of halogens is 1. The molecule has 7 nitrogen and oxygen atoms in total. The average molecular weight is 469 g/mol. The van der Waals surface area contributed by atoms with Crippen molar-refractivity contribution in [2.24, 2.45) is 5.92 Å². The van der Waals surface area contributed by atoms with E-state index in [1.807, 2.05) is 35.0 Å². The number of nitrogens with zero attached hydrogens (tertiary/aromatic N) is 3. The molecule has 0 radical (unpaired) electrons. The number of sulfonamides is 1. The van der Waals surface area contributed by atoms with Gasteiger partial charge in [0.1, 0.15) is 0 Å². The van der Waals surface area contributed by atoms with Crippen molar-refractivity contribution >= 4 is 31.9 Å². The highest BCUT2D eigenvalue weighted by Crippen LogP contribution is 2.22. The third-order valence-electron chi connectivity index (χ3n) is 4.91. The third kappa shape index (κ3) is 5.89. The normalized spacial score (nSPS) is 16.2. The van der Waals surface area contributed by atoms with Gasteiger partial charge in [0.2, 0.25) is 15.9 Å². The van der Waals surface area contributed by atoms with Gasteiger partial charge in [-0.1, -0.05) is 28.1 Å². The maximum absolute atomic E-state index is 12.7. The topological polar surface area (TPSA) is 84.3 Å². The smallest absolute Gasteiger partial charge is 0.223 e. The van der Waals surface area contributed by atoms with Gasteiger partial charge < -0.3 is 9.88 Å². The van der Waals surface area contributed by atoms with Crippen LogP contribution in [0.15, 0.2) is 47.5 Å². The molecule has 3 rings (SSSR count). The highest BCUT2D eigenvalue weighted by atomic mass is 79.9. The lowest BCUT2D eigenvalue weighted by Crippen LogP contribution is -2.43. The van der Waals surface area contributed by atoms with Gasteiger partial charge in [-0.15, -0.1) is 0 Å². The number of hydrogen-bond donors (Lipinski definition) is 1. The average Bonchev–Trinajstić information content (AvgIpc) is 3.18. The van der Waals surface area contributed by atoms with Crippen molar-refractivity contribution in [3.05, 3.63) is 53.0 Å². The van der Waals surface area contributed by atoms with Crippen LogP contribution in [0.1, 0.15) is 24.8 Å². The van der Waals surface area contributed by atoms with E-state index >= 15 is 0 Å². The number of piperidine rings is 1. The number of carbonyl (C=O) groups excluding carboxylic acids is 1. The zero-order valence-corrected chi connectivity index (χ0v) is 18.0. The summed E-state index contributed by atoms with van der Waals surface area (Å²) in [4.78, 5) is 16.3. The number of hydrogen-bond acceptors (Lipinski definition) is 4. The maximum Gasteiger partial charge on any atom is 0.223 e. The lowest BCUT2D eigenvalue weighted by Gasteiger charge is -2.30. The highest BCUT2D eigenvalue weighted by molar-refractivity contribution is 9.10. The van der Waals surface area contributed by atoms with Crippen LogP contribution in [0, 0.1) is 5.92 Å². The summed E-state index contributed by atoms with van der Waals surface area (Å²) >= 11 is 3.37. The van der Waals surface area contributed by atoms with Crippen molar-refractivity contribution in [2.45, 2.75) is 31.6 Å². The molecule has 0 spiro atoms. The summed E-state index contributed by atoms with van der Waals surface area (Å²) in [5, 5.41) is 2.97. The maximum atomic E-state index is 12.7. The molecule has 1 saturated heterocycles.